The molecule has 0 heterocycles. The molecule has 2 aliphatic carbocycles. The van der Waals surface area contributed by atoms with E-state index in [0.29, 0.717) is 11.8 Å². The van der Waals surface area contributed by atoms with Gasteiger partial charge in [-0.3, -0.25) is 9.59 Å². The van der Waals surface area contributed by atoms with E-state index in [1.807, 2.05) is 24.3 Å². The SMILES string of the molecule is COC(=O)Cc1ccc(NC(=O)C2CC3CCCC(C2)C3N)cc1.Cl. The Morgan fingerprint density at radius 2 is 1.76 bits per heavy atom. The summed E-state index contributed by atoms with van der Waals surface area (Å²) in [6, 6.07) is 7.65. The van der Waals surface area contributed by atoms with Crippen LogP contribution in [0, 0.1) is 17.8 Å². The van der Waals surface area contributed by atoms with Crippen LogP contribution in [0.1, 0.15) is 37.7 Å². The van der Waals surface area contributed by atoms with E-state index in [4.69, 9.17) is 5.73 Å². The normalized spacial score (nSPS) is 27.8. The van der Waals surface area contributed by atoms with Crippen LogP contribution < -0.4 is 11.1 Å². The van der Waals surface area contributed by atoms with Crippen molar-refractivity contribution in [2.24, 2.45) is 23.5 Å². The molecule has 1 aromatic carbocycles. The van der Waals surface area contributed by atoms with E-state index in [2.05, 4.69) is 10.1 Å². The molecule has 0 spiro atoms. The molecular formula is C19H27ClN2O3. The quantitative estimate of drug-likeness (QED) is 0.803. The van der Waals surface area contributed by atoms with Crippen molar-refractivity contribution in [2.75, 3.05) is 12.4 Å². The van der Waals surface area contributed by atoms with Crippen molar-refractivity contribution in [1.29, 1.82) is 0 Å². The number of ether oxygens (including phenoxy) is 1. The second-order valence-corrected chi connectivity index (χ2v) is 7.14. The highest BCUT2D eigenvalue weighted by atomic mass is 35.5. The van der Waals surface area contributed by atoms with E-state index in [0.717, 1.165) is 36.9 Å². The van der Waals surface area contributed by atoms with Gasteiger partial charge in [0.25, 0.3) is 0 Å². The largest absolute Gasteiger partial charge is 0.469 e. The van der Waals surface area contributed by atoms with Crippen LogP contribution in [0.15, 0.2) is 24.3 Å². The minimum absolute atomic E-state index is 0. The zero-order valence-corrected chi connectivity index (χ0v) is 15.4. The summed E-state index contributed by atoms with van der Waals surface area (Å²) in [5, 5.41) is 3.01. The van der Waals surface area contributed by atoms with Gasteiger partial charge in [0.1, 0.15) is 0 Å². The fraction of sp³-hybridized carbons (Fsp3) is 0.579. The molecule has 2 fully saturated rings. The molecule has 0 radical (unpaired) electrons. The fourth-order valence-corrected chi connectivity index (χ4v) is 4.19. The Morgan fingerprint density at radius 3 is 2.32 bits per heavy atom. The highest BCUT2D eigenvalue weighted by molar-refractivity contribution is 5.92. The average molecular weight is 367 g/mol. The van der Waals surface area contributed by atoms with E-state index in [-0.39, 0.29) is 42.7 Å². The molecule has 2 aliphatic rings. The Kier molecular flexibility index (Phi) is 6.85. The van der Waals surface area contributed by atoms with Crippen molar-refractivity contribution in [2.45, 2.75) is 44.6 Å². The Balaban J connectivity index is 0.00000225. The number of nitrogens with two attached hydrogens (primary N) is 1. The maximum atomic E-state index is 12.6. The minimum atomic E-state index is -0.267. The standard InChI is InChI=1S/C19H26N2O3.ClH/c1-24-17(22)9-12-5-7-16(8-6-12)21-19(23)15-10-13-3-2-4-14(11-15)18(13)20;/h5-8,13-15,18H,2-4,9-11,20H2,1H3,(H,21,23);1H. The summed E-state index contributed by atoms with van der Waals surface area (Å²) in [7, 11) is 1.38. The number of benzene rings is 1. The van der Waals surface area contributed by atoms with Gasteiger partial charge >= 0.3 is 5.97 Å². The molecule has 25 heavy (non-hydrogen) atoms. The highest BCUT2D eigenvalue weighted by Crippen LogP contribution is 2.42. The number of hydrogen-bond acceptors (Lipinski definition) is 4. The van der Waals surface area contributed by atoms with Crippen molar-refractivity contribution >= 4 is 30.0 Å². The number of anilines is 1. The van der Waals surface area contributed by atoms with Gasteiger partial charge in [-0.2, -0.15) is 0 Å². The van der Waals surface area contributed by atoms with E-state index in [1.54, 1.807) is 0 Å². The summed E-state index contributed by atoms with van der Waals surface area (Å²) in [5.41, 5.74) is 7.94. The summed E-state index contributed by atoms with van der Waals surface area (Å²) in [6.45, 7) is 0. The maximum absolute atomic E-state index is 12.6. The third-order valence-corrected chi connectivity index (χ3v) is 5.58. The lowest BCUT2D eigenvalue weighted by Gasteiger charge is -2.43. The number of hydrogen-bond donors (Lipinski definition) is 2. The first kappa shape index (κ1) is 19.7. The van der Waals surface area contributed by atoms with Crippen molar-refractivity contribution in [3.05, 3.63) is 29.8 Å². The number of methoxy groups -OCH3 is 1. The zero-order valence-electron chi connectivity index (χ0n) is 14.6. The molecule has 1 aromatic rings. The monoisotopic (exact) mass is 366 g/mol. The molecule has 6 heteroatoms. The molecule has 2 unspecified atom stereocenters. The van der Waals surface area contributed by atoms with E-state index in [1.165, 1.54) is 13.5 Å². The summed E-state index contributed by atoms with van der Waals surface area (Å²) < 4.78 is 4.65. The van der Waals surface area contributed by atoms with Crippen molar-refractivity contribution in [1.82, 2.24) is 0 Å². The number of amides is 1. The molecule has 138 valence electrons. The molecule has 0 aromatic heterocycles. The number of carbonyl (C=O) groups excluding carboxylic acids is 2. The lowest BCUT2D eigenvalue weighted by atomic mass is 9.65. The van der Waals surface area contributed by atoms with Crippen molar-refractivity contribution in [3.8, 4) is 0 Å². The van der Waals surface area contributed by atoms with Gasteiger partial charge in [0, 0.05) is 17.6 Å². The van der Waals surface area contributed by atoms with Gasteiger partial charge in [-0.1, -0.05) is 18.6 Å². The number of rotatable bonds is 4. The third kappa shape index (κ3) is 4.73. The van der Waals surface area contributed by atoms with Gasteiger partial charge in [0.15, 0.2) is 0 Å². The average Bonchev–Trinajstić information content (AvgIpc) is 2.56. The minimum Gasteiger partial charge on any atom is -0.469 e. The van der Waals surface area contributed by atoms with Gasteiger partial charge in [0.2, 0.25) is 5.91 Å². The van der Waals surface area contributed by atoms with Crippen molar-refractivity contribution < 1.29 is 14.3 Å². The second-order valence-electron chi connectivity index (χ2n) is 7.14. The number of carbonyl (C=O) groups is 2. The molecule has 2 atom stereocenters. The first-order valence-electron chi connectivity index (χ1n) is 8.79. The predicted octanol–water partition coefficient (Wildman–Crippen LogP) is 2.92. The van der Waals surface area contributed by atoms with Crippen LogP contribution in [0.25, 0.3) is 0 Å². The molecule has 2 bridgehead atoms. The van der Waals surface area contributed by atoms with E-state index >= 15 is 0 Å². The topological polar surface area (TPSA) is 81.4 Å². The Hall–Kier alpha value is -1.59. The maximum Gasteiger partial charge on any atom is 0.309 e. The smallest absolute Gasteiger partial charge is 0.309 e. The molecule has 3 rings (SSSR count). The van der Waals surface area contributed by atoms with Crippen LogP contribution in [0.2, 0.25) is 0 Å². The summed E-state index contributed by atoms with van der Waals surface area (Å²) in [4.78, 5) is 23.9. The van der Waals surface area contributed by atoms with Crippen LogP contribution in [-0.2, 0) is 20.7 Å². The summed E-state index contributed by atoms with van der Waals surface area (Å²) >= 11 is 0. The van der Waals surface area contributed by atoms with Crippen LogP contribution >= 0.6 is 12.4 Å². The Bertz CT molecular complexity index is 591. The number of esters is 1. The molecule has 3 N–H and O–H groups in total. The number of nitrogens with one attached hydrogen (secondary N) is 1. The van der Waals surface area contributed by atoms with Gasteiger partial charge in [-0.05, 0) is 55.2 Å². The van der Waals surface area contributed by atoms with Crippen LogP contribution in [-0.4, -0.2) is 25.0 Å². The lowest BCUT2D eigenvalue weighted by Crippen LogP contribution is -2.48. The van der Waals surface area contributed by atoms with Crippen molar-refractivity contribution in [3.63, 3.8) is 0 Å². The van der Waals surface area contributed by atoms with Crippen LogP contribution in [0.4, 0.5) is 5.69 Å². The van der Waals surface area contributed by atoms with Gasteiger partial charge < -0.3 is 15.8 Å². The molecule has 1 amide bonds. The Morgan fingerprint density at radius 1 is 1.16 bits per heavy atom. The summed E-state index contributed by atoms with van der Waals surface area (Å²) in [6.07, 6.45) is 5.62. The van der Waals surface area contributed by atoms with Gasteiger partial charge in [-0.25, -0.2) is 0 Å². The molecular weight excluding hydrogens is 340 g/mol. The predicted molar refractivity (Wildman–Crippen MR) is 99.6 cm³/mol. The second kappa shape index (κ2) is 8.68. The van der Waals surface area contributed by atoms with E-state index < -0.39 is 0 Å². The fourth-order valence-electron chi connectivity index (χ4n) is 4.19. The van der Waals surface area contributed by atoms with Crippen LogP contribution in [0.3, 0.4) is 0 Å². The first-order chi connectivity index (χ1) is 11.6. The van der Waals surface area contributed by atoms with Gasteiger partial charge in [-0.15, -0.1) is 12.4 Å². The van der Waals surface area contributed by atoms with Gasteiger partial charge in [0.05, 0.1) is 13.5 Å². The first-order valence-corrected chi connectivity index (χ1v) is 8.79. The lowest BCUT2D eigenvalue weighted by molar-refractivity contribution is -0.139. The zero-order chi connectivity index (χ0) is 17.1. The Labute approximate surface area is 155 Å². The van der Waals surface area contributed by atoms with Crippen LogP contribution in [0.5, 0.6) is 0 Å². The highest BCUT2D eigenvalue weighted by Gasteiger charge is 2.40. The molecule has 0 saturated heterocycles. The molecule has 5 nitrogen and oxygen atoms in total. The number of halogens is 1. The third-order valence-electron chi connectivity index (χ3n) is 5.58. The van der Waals surface area contributed by atoms with E-state index in [9.17, 15) is 9.59 Å². The number of fused-ring (bicyclic) bond motifs is 2. The molecule has 2 saturated carbocycles. The molecule has 0 aliphatic heterocycles. The summed E-state index contributed by atoms with van der Waals surface area (Å²) in [5.74, 6) is 0.887.